The lowest BCUT2D eigenvalue weighted by Crippen LogP contribution is -2.40. The number of aliphatic hydroxyl groups is 2. The molecule has 2 unspecified atom stereocenters. The lowest BCUT2D eigenvalue weighted by Gasteiger charge is -2.31. The fraction of sp³-hybridized carbons (Fsp3) is 0.333. The van der Waals surface area contributed by atoms with Crippen LogP contribution in [0.5, 0.6) is 0 Å². The summed E-state index contributed by atoms with van der Waals surface area (Å²) in [6, 6.07) is 3.47. The molecular weight excluding hydrogens is 605 g/mol. The summed E-state index contributed by atoms with van der Waals surface area (Å²) in [6.45, 7) is 1.14. The van der Waals surface area contributed by atoms with Crippen LogP contribution in [0.4, 0.5) is 13.2 Å². The van der Waals surface area contributed by atoms with Crippen molar-refractivity contribution in [2.24, 2.45) is 0 Å². The molecule has 0 aliphatic heterocycles. The van der Waals surface area contributed by atoms with E-state index in [-0.39, 0.29) is 24.4 Å². The second-order valence-electron chi connectivity index (χ2n) is 8.39. The Kier molecular flexibility index (Phi) is 10.1. The van der Waals surface area contributed by atoms with E-state index in [2.05, 4.69) is 41.2 Å². The number of aromatic amines is 1. The molecular formula is C24H24BrF3N6O4S. The molecule has 10 nitrogen and oxygen atoms in total. The van der Waals surface area contributed by atoms with E-state index < -0.39 is 47.8 Å². The fourth-order valence-corrected chi connectivity index (χ4v) is 5.07. The number of nitrogens with one attached hydrogen (secondary N) is 1. The van der Waals surface area contributed by atoms with E-state index in [4.69, 9.17) is 9.47 Å². The summed E-state index contributed by atoms with van der Waals surface area (Å²) in [6.07, 6.45) is 5.18. The molecule has 0 amide bonds. The van der Waals surface area contributed by atoms with Crippen molar-refractivity contribution in [3.8, 4) is 11.3 Å². The minimum Gasteiger partial charge on any atom is -0.394 e. The van der Waals surface area contributed by atoms with E-state index in [9.17, 15) is 23.4 Å². The number of hydrogen-bond donors (Lipinski definition) is 3. The van der Waals surface area contributed by atoms with Crippen LogP contribution in [0.2, 0.25) is 0 Å². The van der Waals surface area contributed by atoms with Gasteiger partial charge in [-0.1, -0.05) is 17.0 Å². The highest BCUT2D eigenvalue weighted by atomic mass is 79.9. The van der Waals surface area contributed by atoms with Gasteiger partial charge in [-0.05, 0) is 41.1 Å². The zero-order valence-corrected chi connectivity index (χ0v) is 22.8. The first-order valence-corrected chi connectivity index (χ1v) is 13.3. The van der Waals surface area contributed by atoms with E-state index in [0.29, 0.717) is 10.7 Å². The van der Waals surface area contributed by atoms with Crippen LogP contribution in [-0.4, -0.2) is 70.5 Å². The molecule has 3 aromatic heterocycles. The van der Waals surface area contributed by atoms with Gasteiger partial charge in [0.15, 0.2) is 17.5 Å². The predicted molar refractivity (Wildman–Crippen MR) is 138 cm³/mol. The highest BCUT2D eigenvalue weighted by Gasteiger charge is 2.31. The van der Waals surface area contributed by atoms with Crippen molar-refractivity contribution in [3.63, 3.8) is 0 Å². The Balaban J connectivity index is 1.63. The van der Waals surface area contributed by atoms with E-state index in [1.807, 2.05) is 6.07 Å². The van der Waals surface area contributed by atoms with Gasteiger partial charge in [-0.15, -0.1) is 5.10 Å². The zero-order chi connectivity index (χ0) is 27.9. The number of benzene rings is 1. The van der Waals surface area contributed by atoms with Gasteiger partial charge in [-0.2, -0.15) is 0 Å². The van der Waals surface area contributed by atoms with Crippen LogP contribution in [0.15, 0.2) is 58.6 Å². The van der Waals surface area contributed by atoms with Crippen molar-refractivity contribution >= 4 is 27.7 Å². The van der Waals surface area contributed by atoms with Crippen molar-refractivity contribution in [1.82, 2.24) is 29.9 Å². The number of hydrogen-bond acceptors (Lipinski definition) is 9. The van der Waals surface area contributed by atoms with Crippen LogP contribution in [0, 0.1) is 17.5 Å². The first kappa shape index (κ1) is 29.2. The number of pyridine rings is 1. The molecule has 0 bridgehead atoms. The number of rotatable bonds is 13. The average Bonchev–Trinajstić information content (AvgIpc) is 3.59. The molecule has 0 saturated carbocycles. The Labute approximate surface area is 233 Å². The molecule has 4 aromatic rings. The number of ether oxygens (including phenoxy) is 2. The quantitative estimate of drug-likeness (QED) is 0.115. The Bertz CT molecular complexity index is 1340. The van der Waals surface area contributed by atoms with Gasteiger partial charge in [0.25, 0.3) is 0 Å². The van der Waals surface area contributed by atoms with Crippen molar-refractivity contribution in [2.45, 2.75) is 48.7 Å². The first-order valence-electron chi connectivity index (χ1n) is 11.6. The third-order valence-electron chi connectivity index (χ3n) is 5.44. The van der Waals surface area contributed by atoms with Gasteiger partial charge in [0.1, 0.15) is 35.8 Å². The van der Waals surface area contributed by atoms with E-state index >= 15 is 0 Å². The third kappa shape index (κ3) is 7.86. The standard InChI is InChI=1S/C24H24BrF3N6O4S/c1-13(36)21(11-35)38-24(39-16-6-15(25)7-29-8-16)20(37-12-22-30-2-3-31-22)10-34-9-19(32-33-34)14-4-17(26)23(28)18(27)5-14/h2-9,13,20-21,24,35-36H,10-12H2,1H3,(H,30,31)/t13-,20+,21?,24?/m1/s1. The number of thioether (sulfide) groups is 1. The molecule has 4 rings (SSSR count). The van der Waals surface area contributed by atoms with Gasteiger partial charge in [-0.3, -0.25) is 4.98 Å². The minimum absolute atomic E-state index is 0.00235. The summed E-state index contributed by atoms with van der Waals surface area (Å²) in [5.41, 5.74) is -0.699. The maximum Gasteiger partial charge on any atom is 0.194 e. The van der Waals surface area contributed by atoms with Gasteiger partial charge >= 0.3 is 0 Å². The molecule has 1 aromatic carbocycles. The maximum atomic E-state index is 13.8. The number of imidazole rings is 1. The van der Waals surface area contributed by atoms with Crippen LogP contribution < -0.4 is 0 Å². The fourth-order valence-electron chi connectivity index (χ4n) is 3.45. The van der Waals surface area contributed by atoms with Crippen molar-refractivity contribution in [3.05, 3.63) is 76.9 Å². The van der Waals surface area contributed by atoms with Crippen LogP contribution in [-0.2, 0) is 22.6 Å². The summed E-state index contributed by atoms with van der Waals surface area (Å²) in [4.78, 5) is 12.0. The molecule has 208 valence electrons. The summed E-state index contributed by atoms with van der Waals surface area (Å²) < 4.78 is 55.3. The highest BCUT2D eigenvalue weighted by Crippen LogP contribution is 2.31. The van der Waals surface area contributed by atoms with Crippen molar-refractivity contribution in [2.75, 3.05) is 6.61 Å². The second-order valence-corrected chi connectivity index (χ2v) is 10.5. The Morgan fingerprint density at radius 2 is 1.92 bits per heavy atom. The molecule has 15 heteroatoms. The predicted octanol–water partition coefficient (Wildman–Crippen LogP) is 3.71. The van der Waals surface area contributed by atoms with Gasteiger partial charge < -0.3 is 24.7 Å². The Morgan fingerprint density at radius 1 is 1.15 bits per heavy atom. The zero-order valence-electron chi connectivity index (χ0n) is 20.4. The van der Waals surface area contributed by atoms with E-state index in [1.54, 1.807) is 24.8 Å². The van der Waals surface area contributed by atoms with Gasteiger partial charge in [0.2, 0.25) is 0 Å². The molecule has 0 aliphatic carbocycles. The molecule has 0 radical (unpaired) electrons. The molecule has 0 spiro atoms. The molecule has 3 N–H and O–H groups in total. The number of aliphatic hydroxyl groups excluding tert-OH is 2. The molecule has 39 heavy (non-hydrogen) atoms. The third-order valence-corrected chi connectivity index (χ3v) is 7.01. The molecule has 3 heterocycles. The van der Waals surface area contributed by atoms with Crippen LogP contribution in [0.3, 0.4) is 0 Å². The number of halogens is 4. The number of H-pyrrole nitrogens is 1. The number of aromatic nitrogens is 6. The SMILES string of the molecule is C[C@@H](O)C(CO)OC(Sc1cncc(Br)c1)[C@H](Cn1cc(-c2cc(F)c(F)c(F)c2)nn1)OCc1ncc[nH]1. The smallest absolute Gasteiger partial charge is 0.194 e. The van der Waals surface area contributed by atoms with Crippen LogP contribution in [0.25, 0.3) is 11.3 Å². The molecule has 4 atom stereocenters. The summed E-state index contributed by atoms with van der Waals surface area (Å²) in [5, 5.41) is 27.9. The largest absolute Gasteiger partial charge is 0.394 e. The molecule has 0 aliphatic rings. The molecule has 0 fully saturated rings. The van der Waals surface area contributed by atoms with E-state index in [0.717, 1.165) is 16.6 Å². The molecule has 0 saturated heterocycles. The summed E-state index contributed by atoms with van der Waals surface area (Å²) in [7, 11) is 0. The maximum absolute atomic E-state index is 13.8. The van der Waals surface area contributed by atoms with Crippen LogP contribution in [0.1, 0.15) is 12.7 Å². The van der Waals surface area contributed by atoms with Crippen LogP contribution >= 0.6 is 27.7 Å². The average molecular weight is 629 g/mol. The monoisotopic (exact) mass is 628 g/mol. The van der Waals surface area contributed by atoms with Gasteiger partial charge in [0.05, 0.1) is 25.5 Å². The lowest BCUT2D eigenvalue weighted by atomic mass is 10.1. The van der Waals surface area contributed by atoms with Gasteiger partial charge in [0, 0.05) is 39.7 Å². The van der Waals surface area contributed by atoms with Crippen molar-refractivity contribution < 1.29 is 32.9 Å². The minimum atomic E-state index is -1.58. The first-order chi connectivity index (χ1) is 18.7. The lowest BCUT2D eigenvalue weighted by molar-refractivity contribution is -0.116. The Hall–Kier alpha value is -2.82. The highest BCUT2D eigenvalue weighted by molar-refractivity contribution is 9.10. The summed E-state index contributed by atoms with van der Waals surface area (Å²) in [5.74, 6) is -3.73. The van der Waals surface area contributed by atoms with E-state index in [1.165, 1.54) is 29.6 Å². The van der Waals surface area contributed by atoms with Gasteiger partial charge in [-0.25, -0.2) is 22.8 Å². The summed E-state index contributed by atoms with van der Waals surface area (Å²) >= 11 is 4.63. The Morgan fingerprint density at radius 3 is 2.56 bits per heavy atom. The topological polar surface area (TPSA) is 131 Å². The van der Waals surface area contributed by atoms with Crippen molar-refractivity contribution in [1.29, 1.82) is 0 Å². The normalized spacial score (nSPS) is 14.7. The number of nitrogens with zero attached hydrogens (tertiary/aromatic N) is 5. The second kappa shape index (κ2) is 13.5.